The van der Waals surface area contributed by atoms with Crippen LogP contribution < -0.4 is 14.8 Å². The minimum absolute atomic E-state index is 0.00786. The first-order valence-electron chi connectivity index (χ1n) is 5.03. The number of ether oxygens (including phenoxy) is 2. The average Bonchev–Trinajstić information content (AvgIpc) is 2.51. The van der Waals surface area contributed by atoms with Crippen LogP contribution in [0.5, 0.6) is 11.5 Å². The molecule has 1 aromatic rings. The molecule has 1 aliphatic rings. The second-order valence-corrected chi connectivity index (χ2v) is 3.74. The Labute approximate surface area is 96.8 Å². The quantitative estimate of drug-likeness (QED) is 0.882. The van der Waals surface area contributed by atoms with E-state index < -0.39 is 6.29 Å². The Morgan fingerprint density at radius 3 is 2.82 bits per heavy atom. The molecule has 1 aliphatic heterocycles. The Balaban J connectivity index is 2.12. The highest BCUT2D eigenvalue weighted by Gasteiger charge is 2.43. The lowest BCUT2D eigenvalue weighted by Crippen LogP contribution is -2.25. The molecule has 2 rings (SSSR count). The third-order valence-corrected chi connectivity index (χ3v) is 2.21. The fourth-order valence-electron chi connectivity index (χ4n) is 1.51. The van der Waals surface area contributed by atoms with Gasteiger partial charge in [-0.3, -0.25) is 0 Å². The Kier molecular flexibility index (Phi) is 2.76. The highest BCUT2D eigenvalue weighted by atomic mass is 19.3. The summed E-state index contributed by atoms with van der Waals surface area (Å²) in [5.41, 5.74) is 0.604. The van der Waals surface area contributed by atoms with Gasteiger partial charge >= 0.3 is 6.29 Å². The van der Waals surface area contributed by atoms with Gasteiger partial charge in [-0.05, 0) is 19.1 Å². The highest BCUT2D eigenvalue weighted by Crippen LogP contribution is 2.42. The molecule has 0 bridgehead atoms. The number of nitrogens with zero attached hydrogens (tertiary/aromatic N) is 1. The SMILES string of the molecule is CC(CC#N)Nc1ccc2c(c1)OC(F)(F)O2. The van der Waals surface area contributed by atoms with Crippen molar-refractivity contribution in [3.8, 4) is 17.6 Å². The first kappa shape index (κ1) is 11.5. The van der Waals surface area contributed by atoms with Gasteiger partial charge in [0.05, 0.1) is 12.5 Å². The van der Waals surface area contributed by atoms with E-state index in [9.17, 15) is 8.78 Å². The predicted molar refractivity (Wildman–Crippen MR) is 56.0 cm³/mol. The second kappa shape index (κ2) is 4.09. The minimum atomic E-state index is -3.60. The van der Waals surface area contributed by atoms with Crippen molar-refractivity contribution in [2.24, 2.45) is 0 Å². The summed E-state index contributed by atoms with van der Waals surface area (Å²) in [6.45, 7) is 1.82. The van der Waals surface area contributed by atoms with Crippen molar-refractivity contribution in [1.29, 1.82) is 5.26 Å². The van der Waals surface area contributed by atoms with Crippen molar-refractivity contribution in [3.63, 3.8) is 0 Å². The van der Waals surface area contributed by atoms with Gasteiger partial charge in [-0.25, -0.2) is 0 Å². The van der Waals surface area contributed by atoms with Gasteiger partial charge < -0.3 is 14.8 Å². The van der Waals surface area contributed by atoms with E-state index in [4.69, 9.17) is 5.26 Å². The van der Waals surface area contributed by atoms with Crippen LogP contribution in [-0.4, -0.2) is 12.3 Å². The molecular formula is C11H10F2N2O2. The van der Waals surface area contributed by atoms with Crippen molar-refractivity contribution in [3.05, 3.63) is 18.2 Å². The fraction of sp³-hybridized carbons (Fsp3) is 0.364. The maximum absolute atomic E-state index is 12.7. The summed E-state index contributed by atoms with van der Waals surface area (Å²) in [5, 5.41) is 11.5. The molecule has 1 aromatic carbocycles. The van der Waals surface area contributed by atoms with Crippen LogP contribution in [0.4, 0.5) is 14.5 Å². The van der Waals surface area contributed by atoms with Gasteiger partial charge in [0, 0.05) is 17.8 Å². The van der Waals surface area contributed by atoms with Gasteiger partial charge in [0.25, 0.3) is 0 Å². The monoisotopic (exact) mass is 240 g/mol. The van der Waals surface area contributed by atoms with Crippen LogP contribution in [-0.2, 0) is 0 Å². The summed E-state index contributed by atoms with van der Waals surface area (Å²) < 4.78 is 34.1. The number of fused-ring (bicyclic) bond motifs is 1. The van der Waals surface area contributed by atoms with Crippen molar-refractivity contribution in [2.45, 2.75) is 25.7 Å². The number of alkyl halides is 2. The average molecular weight is 240 g/mol. The molecule has 1 unspecified atom stereocenters. The fourth-order valence-corrected chi connectivity index (χ4v) is 1.51. The highest BCUT2D eigenvalue weighted by molar-refractivity contribution is 5.56. The predicted octanol–water partition coefficient (Wildman–Crippen LogP) is 2.72. The van der Waals surface area contributed by atoms with E-state index in [0.29, 0.717) is 12.1 Å². The van der Waals surface area contributed by atoms with Crippen LogP contribution in [0.25, 0.3) is 0 Å². The molecule has 1 heterocycles. The standard InChI is InChI=1S/C11H10F2N2O2/c1-7(4-5-14)15-8-2-3-9-10(6-8)17-11(12,13)16-9/h2-3,6-7,15H,4H2,1H3. The number of benzene rings is 1. The Bertz CT molecular complexity index is 471. The van der Waals surface area contributed by atoms with Crippen molar-refractivity contribution >= 4 is 5.69 Å². The number of nitriles is 1. The third kappa shape index (κ3) is 2.56. The lowest BCUT2D eigenvalue weighted by molar-refractivity contribution is -0.286. The third-order valence-electron chi connectivity index (χ3n) is 2.21. The van der Waals surface area contributed by atoms with Gasteiger partial charge in [0.2, 0.25) is 0 Å². The lowest BCUT2D eigenvalue weighted by Gasteiger charge is -2.11. The zero-order valence-electron chi connectivity index (χ0n) is 9.04. The van der Waals surface area contributed by atoms with E-state index in [0.717, 1.165) is 0 Å². The summed E-state index contributed by atoms with van der Waals surface area (Å²) in [5.74, 6) is -0.00218. The first-order valence-corrected chi connectivity index (χ1v) is 5.03. The molecule has 0 amide bonds. The topological polar surface area (TPSA) is 54.3 Å². The number of nitrogens with one attached hydrogen (secondary N) is 1. The van der Waals surface area contributed by atoms with Gasteiger partial charge in [-0.15, -0.1) is 8.78 Å². The number of halogens is 2. The molecule has 1 atom stereocenters. The molecule has 0 fully saturated rings. The first-order chi connectivity index (χ1) is 8.00. The maximum atomic E-state index is 12.7. The molecule has 1 N–H and O–H groups in total. The van der Waals surface area contributed by atoms with Crippen LogP contribution in [0.2, 0.25) is 0 Å². The summed E-state index contributed by atoms with van der Waals surface area (Å²) in [6.07, 6.45) is -3.27. The van der Waals surface area contributed by atoms with E-state index in [-0.39, 0.29) is 17.5 Å². The molecule has 6 heteroatoms. The van der Waals surface area contributed by atoms with Crippen molar-refractivity contribution in [1.82, 2.24) is 0 Å². The zero-order chi connectivity index (χ0) is 12.5. The van der Waals surface area contributed by atoms with Gasteiger partial charge in [-0.2, -0.15) is 5.26 Å². The molecule has 0 aromatic heterocycles. The van der Waals surface area contributed by atoms with Crippen LogP contribution in [0.1, 0.15) is 13.3 Å². The smallest absolute Gasteiger partial charge is 0.395 e. The molecule has 90 valence electrons. The molecule has 0 spiro atoms. The van der Waals surface area contributed by atoms with Gasteiger partial charge in [0.15, 0.2) is 11.5 Å². The van der Waals surface area contributed by atoms with Crippen molar-refractivity contribution < 1.29 is 18.3 Å². The molecule has 0 aliphatic carbocycles. The Morgan fingerprint density at radius 2 is 2.12 bits per heavy atom. The summed E-state index contributed by atoms with van der Waals surface area (Å²) in [4.78, 5) is 0. The zero-order valence-corrected chi connectivity index (χ0v) is 9.04. The normalized spacial score (nSPS) is 17.3. The van der Waals surface area contributed by atoms with Crippen LogP contribution in [0.3, 0.4) is 0 Å². The van der Waals surface area contributed by atoms with E-state index in [1.54, 1.807) is 6.07 Å². The minimum Gasteiger partial charge on any atom is -0.395 e. The maximum Gasteiger partial charge on any atom is 0.586 e. The second-order valence-electron chi connectivity index (χ2n) is 3.74. The molecule has 0 radical (unpaired) electrons. The summed E-state index contributed by atoms with van der Waals surface area (Å²) in [6, 6.07) is 6.36. The van der Waals surface area contributed by atoms with E-state index in [2.05, 4.69) is 14.8 Å². The summed E-state index contributed by atoms with van der Waals surface area (Å²) in [7, 11) is 0. The largest absolute Gasteiger partial charge is 0.586 e. The van der Waals surface area contributed by atoms with E-state index >= 15 is 0 Å². The van der Waals surface area contributed by atoms with Crippen molar-refractivity contribution in [2.75, 3.05) is 5.32 Å². The van der Waals surface area contributed by atoms with Crippen LogP contribution in [0, 0.1) is 11.3 Å². The Morgan fingerprint density at radius 1 is 1.41 bits per heavy atom. The number of hydrogen-bond donors (Lipinski definition) is 1. The molecule has 4 nitrogen and oxygen atoms in total. The van der Waals surface area contributed by atoms with Crippen LogP contribution >= 0.6 is 0 Å². The number of anilines is 1. The summed E-state index contributed by atoms with van der Waals surface area (Å²) >= 11 is 0. The number of rotatable bonds is 3. The molecular weight excluding hydrogens is 230 g/mol. The van der Waals surface area contributed by atoms with E-state index in [1.165, 1.54) is 12.1 Å². The van der Waals surface area contributed by atoms with Crippen LogP contribution in [0.15, 0.2) is 18.2 Å². The van der Waals surface area contributed by atoms with E-state index in [1.807, 2.05) is 13.0 Å². The lowest BCUT2D eigenvalue weighted by atomic mass is 10.2. The Hall–Kier alpha value is -2.03. The van der Waals surface area contributed by atoms with Gasteiger partial charge in [-0.1, -0.05) is 0 Å². The molecule has 17 heavy (non-hydrogen) atoms. The number of hydrogen-bond acceptors (Lipinski definition) is 4. The molecule has 0 saturated heterocycles. The van der Waals surface area contributed by atoms with Gasteiger partial charge in [0.1, 0.15) is 0 Å². The molecule has 0 saturated carbocycles.